The van der Waals surface area contributed by atoms with Crippen LogP contribution in [0.1, 0.15) is 24.8 Å². The molecule has 0 atom stereocenters. The van der Waals surface area contributed by atoms with Crippen LogP contribution >= 0.6 is 0 Å². The van der Waals surface area contributed by atoms with Crippen LogP contribution in [-0.2, 0) is 11.2 Å². The Kier molecular flexibility index (Phi) is 4.03. The number of benzene rings is 1. The number of rotatable bonds is 0. The molecule has 2 aliphatic heterocycles. The van der Waals surface area contributed by atoms with E-state index in [1.165, 1.54) is 36.9 Å². The van der Waals surface area contributed by atoms with Gasteiger partial charge in [0, 0.05) is 25.4 Å². The molecule has 1 fully saturated rings. The van der Waals surface area contributed by atoms with Gasteiger partial charge in [0.1, 0.15) is 0 Å². The summed E-state index contributed by atoms with van der Waals surface area (Å²) in [7, 11) is 0. The Labute approximate surface area is 91.6 Å². The van der Waals surface area contributed by atoms with Gasteiger partial charge < -0.3 is 10.1 Å². The van der Waals surface area contributed by atoms with Gasteiger partial charge in [-0.3, -0.25) is 0 Å². The van der Waals surface area contributed by atoms with Crippen molar-refractivity contribution < 1.29 is 4.74 Å². The molecular weight excluding hydrogens is 186 g/mol. The summed E-state index contributed by atoms with van der Waals surface area (Å²) in [4.78, 5) is 0. The van der Waals surface area contributed by atoms with Gasteiger partial charge in [-0.05, 0) is 37.3 Å². The molecule has 1 N–H and O–H groups in total. The van der Waals surface area contributed by atoms with Gasteiger partial charge in [-0.25, -0.2) is 0 Å². The molecule has 1 saturated heterocycles. The molecule has 2 heteroatoms. The summed E-state index contributed by atoms with van der Waals surface area (Å²) in [6, 6.07) is 8.53. The van der Waals surface area contributed by atoms with E-state index in [0.717, 1.165) is 19.8 Å². The van der Waals surface area contributed by atoms with Gasteiger partial charge in [-0.15, -0.1) is 0 Å². The quantitative estimate of drug-likeness (QED) is 0.703. The summed E-state index contributed by atoms with van der Waals surface area (Å²) in [6.07, 6.45) is 5.07. The van der Waals surface area contributed by atoms with E-state index in [1.54, 1.807) is 0 Å². The van der Waals surface area contributed by atoms with Gasteiger partial charge in [0.05, 0.1) is 0 Å². The minimum atomic E-state index is 1.00. The number of ether oxygens (including phenoxy) is 1. The number of fused-ring (bicyclic) bond motifs is 1. The third kappa shape index (κ3) is 3.24. The van der Waals surface area contributed by atoms with Crippen LogP contribution < -0.4 is 5.32 Å². The van der Waals surface area contributed by atoms with Gasteiger partial charge >= 0.3 is 0 Å². The fraction of sp³-hybridized carbons (Fsp3) is 0.538. The molecule has 2 aliphatic rings. The predicted octanol–water partition coefficient (Wildman–Crippen LogP) is 2.84. The average molecular weight is 205 g/mol. The topological polar surface area (TPSA) is 21.3 Å². The minimum Gasteiger partial charge on any atom is -0.385 e. The maximum Gasteiger partial charge on any atom is 0.0466 e. The lowest BCUT2D eigenvalue weighted by atomic mass is 10.0. The summed E-state index contributed by atoms with van der Waals surface area (Å²) < 4.78 is 4.94. The molecule has 0 unspecified atom stereocenters. The van der Waals surface area contributed by atoms with Crippen molar-refractivity contribution in [3.05, 3.63) is 29.8 Å². The maximum absolute atomic E-state index is 4.94. The Balaban J connectivity index is 0.000000144. The first kappa shape index (κ1) is 10.5. The van der Waals surface area contributed by atoms with Crippen LogP contribution in [0.5, 0.6) is 0 Å². The smallest absolute Gasteiger partial charge is 0.0466 e. The van der Waals surface area contributed by atoms with Gasteiger partial charge in [-0.1, -0.05) is 18.2 Å². The number of para-hydroxylation sites is 1. The van der Waals surface area contributed by atoms with Crippen molar-refractivity contribution >= 4 is 5.69 Å². The zero-order valence-electron chi connectivity index (χ0n) is 9.17. The molecule has 0 aliphatic carbocycles. The molecule has 0 amide bonds. The van der Waals surface area contributed by atoms with Crippen molar-refractivity contribution in [2.24, 2.45) is 0 Å². The Morgan fingerprint density at radius 3 is 2.47 bits per heavy atom. The van der Waals surface area contributed by atoms with E-state index >= 15 is 0 Å². The second kappa shape index (κ2) is 5.76. The highest BCUT2D eigenvalue weighted by atomic mass is 16.5. The summed E-state index contributed by atoms with van der Waals surface area (Å²) in [6.45, 7) is 3.14. The summed E-state index contributed by atoms with van der Waals surface area (Å²) in [5, 5.41) is 3.36. The fourth-order valence-corrected chi connectivity index (χ4v) is 1.92. The maximum atomic E-state index is 4.94. The van der Waals surface area contributed by atoms with Crippen LogP contribution in [0, 0.1) is 0 Å². The molecule has 0 spiro atoms. The van der Waals surface area contributed by atoms with Crippen molar-refractivity contribution in [1.82, 2.24) is 0 Å². The lowest BCUT2D eigenvalue weighted by Gasteiger charge is -2.16. The molecule has 0 saturated carbocycles. The Morgan fingerprint density at radius 1 is 1.00 bits per heavy atom. The van der Waals surface area contributed by atoms with E-state index in [0.29, 0.717) is 0 Å². The van der Waals surface area contributed by atoms with Crippen molar-refractivity contribution in [2.75, 3.05) is 25.1 Å². The molecule has 0 bridgehead atoms. The summed E-state index contributed by atoms with van der Waals surface area (Å²) in [5.41, 5.74) is 2.79. The average Bonchev–Trinajstić information content (AvgIpc) is 2.88. The summed E-state index contributed by atoms with van der Waals surface area (Å²) in [5.74, 6) is 0. The molecule has 15 heavy (non-hydrogen) atoms. The molecule has 82 valence electrons. The molecule has 0 radical (unpaired) electrons. The SMILES string of the molecule is C1CCOC1.c1ccc2c(c1)CCCN2. The Hall–Kier alpha value is -1.02. The predicted molar refractivity (Wildman–Crippen MR) is 63.3 cm³/mol. The van der Waals surface area contributed by atoms with Crippen LogP contribution in [0.15, 0.2) is 24.3 Å². The monoisotopic (exact) mass is 205 g/mol. The normalized spacial score (nSPS) is 18.4. The zero-order chi connectivity index (χ0) is 10.3. The second-order valence-corrected chi connectivity index (χ2v) is 4.01. The first-order valence-electron chi connectivity index (χ1n) is 5.86. The van der Waals surface area contributed by atoms with Gasteiger partial charge in [0.25, 0.3) is 0 Å². The molecule has 3 rings (SSSR count). The lowest BCUT2D eigenvalue weighted by Crippen LogP contribution is -2.10. The number of hydrogen-bond donors (Lipinski definition) is 1. The van der Waals surface area contributed by atoms with Crippen molar-refractivity contribution in [3.63, 3.8) is 0 Å². The Morgan fingerprint density at radius 2 is 1.80 bits per heavy atom. The molecule has 1 aromatic carbocycles. The Bertz CT molecular complexity index is 262. The molecule has 0 aromatic heterocycles. The van der Waals surface area contributed by atoms with Crippen LogP contribution in [0.25, 0.3) is 0 Å². The van der Waals surface area contributed by atoms with Gasteiger partial charge in [0.15, 0.2) is 0 Å². The van der Waals surface area contributed by atoms with Gasteiger partial charge in [-0.2, -0.15) is 0 Å². The van der Waals surface area contributed by atoms with Crippen molar-refractivity contribution in [2.45, 2.75) is 25.7 Å². The highest BCUT2D eigenvalue weighted by Gasteiger charge is 2.04. The van der Waals surface area contributed by atoms with E-state index in [2.05, 4.69) is 29.6 Å². The molecule has 2 heterocycles. The first-order chi connectivity index (χ1) is 7.47. The van der Waals surface area contributed by atoms with E-state index in [9.17, 15) is 0 Å². The van der Waals surface area contributed by atoms with E-state index in [1.807, 2.05) is 0 Å². The number of aryl methyl sites for hydroxylation is 1. The van der Waals surface area contributed by atoms with E-state index in [4.69, 9.17) is 4.74 Å². The molecule has 2 nitrogen and oxygen atoms in total. The summed E-state index contributed by atoms with van der Waals surface area (Å²) >= 11 is 0. The highest BCUT2D eigenvalue weighted by Crippen LogP contribution is 2.20. The van der Waals surface area contributed by atoms with E-state index in [-0.39, 0.29) is 0 Å². The first-order valence-corrected chi connectivity index (χ1v) is 5.86. The number of hydrogen-bond acceptors (Lipinski definition) is 2. The van der Waals surface area contributed by atoms with Crippen molar-refractivity contribution in [1.29, 1.82) is 0 Å². The fourth-order valence-electron chi connectivity index (χ4n) is 1.92. The molecule has 1 aromatic rings. The van der Waals surface area contributed by atoms with Gasteiger partial charge in [0.2, 0.25) is 0 Å². The van der Waals surface area contributed by atoms with Crippen molar-refractivity contribution in [3.8, 4) is 0 Å². The minimum absolute atomic E-state index is 1.00. The molecular formula is C13H19NO. The van der Waals surface area contributed by atoms with Crippen LogP contribution in [0.3, 0.4) is 0 Å². The standard InChI is InChI=1S/C9H11N.C4H8O/c1-2-6-9-8(4-1)5-3-7-10-9;1-2-4-5-3-1/h1-2,4,6,10H,3,5,7H2;1-4H2. The van der Waals surface area contributed by atoms with Crippen LogP contribution in [0.2, 0.25) is 0 Å². The van der Waals surface area contributed by atoms with Crippen LogP contribution in [-0.4, -0.2) is 19.8 Å². The third-order valence-corrected chi connectivity index (χ3v) is 2.78. The lowest BCUT2D eigenvalue weighted by molar-refractivity contribution is 0.198. The van der Waals surface area contributed by atoms with E-state index < -0.39 is 0 Å². The zero-order valence-corrected chi connectivity index (χ0v) is 9.17. The largest absolute Gasteiger partial charge is 0.385 e. The second-order valence-electron chi connectivity index (χ2n) is 4.01. The number of anilines is 1. The third-order valence-electron chi connectivity index (χ3n) is 2.78. The highest BCUT2D eigenvalue weighted by molar-refractivity contribution is 5.52. The number of nitrogens with one attached hydrogen (secondary N) is 1. The van der Waals surface area contributed by atoms with Crippen LogP contribution in [0.4, 0.5) is 5.69 Å².